The van der Waals surface area contributed by atoms with Gasteiger partial charge in [-0.05, 0) is 29.8 Å². The maximum Gasteiger partial charge on any atom is 0.315 e. The third kappa shape index (κ3) is 4.57. The maximum atomic E-state index is 13.4. The minimum absolute atomic E-state index is 0.240. The Bertz CT molecular complexity index is 1160. The molecule has 4 aromatic rings. The molecule has 0 radical (unpaired) electrons. The van der Waals surface area contributed by atoms with Gasteiger partial charge in [0.15, 0.2) is 5.82 Å². The molecule has 0 unspecified atom stereocenters. The predicted octanol–water partition coefficient (Wildman–Crippen LogP) is 3.65. The van der Waals surface area contributed by atoms with Crippen LogP contribution < -0.4 is 15.4 Å². The summed E-state index contributed by atoms with van der Waals surface area (Å²) >= 11 is 1.46. The van der Waals surface area contributed by atoms with Gasteiger partial charge in [0.1, 0.15) is 11.6 Å². The summed E-state index contributed by atoms with van der Waals surface area (Å²) in [6.45, 7) is 0.883. The van der Waals surface area contributed by atoms with Crippen LogP contribution in [0.1, 0.15) is 11.3 Å². The number of methoxy groups -OCH3 is 1. The topological polar surface area (TPSA) is 80.5 Å². The smallest absolute Gasteiger partial charge is 0.315 e. The van der Waals surface area contributed by atoms with Gasteiger partial charge in [0.25, 0.3) is 0 Å². The molecule has 4 rings (SSSR count). The van der Waals surface area contributed by atoms with E-state index in [0.717, 1.165) is 22.0 Å². The second-order valence-corrected chi connectivity index (χ2v) is 7.41. The van der Waals surface area contributed by atoms with E-state index in [0.29, 0.717) is 30.9 Å². The Morgan fingerprint density at radius 1 is 1.20 bits per heavy atom. The minimum atomic E-state index is -0.323. The largest absolute Gasteiger partial charge is 0.497 e. The molecule has 0 aliphatic carbocycles. The highest BCUT2D eigenvalue weighted by atomic mass is 32.1. The number of nitrogens with zero attached hydrogens (tertiary/aromatic N) is 3. The monoisotopic (exact) mass is 425 g/mol. The van der Waals surface area contributed by atoms with E-state index >= 15 is 0 Å². The molecule has 0 saturated heterocycles. The number of halogens is 1. The standard InChI is InChI=1S/C21H20FN5O2S/c1-29-18-7-5-14(6-8-18)12-24-20(28)23-10-9-17-13-30-21-25-19(26-27(17)21)15-3-2-4-16(22)11-15/h2-8,11,13H,9-10,12H2,1H3,(H2,23,24,28). The first kappa shape index (κ1) is 19.8. The molecule has 0 aliphatic heterocycles. The van der Waals surface area contributed by atoms with Crippen LogP contribution in [0, 0.1) is 5.82 Å². The number of rotatable bonds is 7. The van der Waals surface area contributed by atoms with E-state index in [1.165, 1.54) is 23.5 Å². The molecule has 2 aromatic carbocycles. The maximum absolute atomic E-state index is 13.4. The van der Waals surface area contributed by atoms with Crippen LogP contribution in [0.25, 0.3) is 16.3 Å². The van der Waals surface area contributed by atoms with E-state index in [1.54, 1.807) is 23.8 Å². The zero-order valence-corrected chi connectivity index (χ0v) is 17.1. The highest BCUT2D eigenvalue weighted by molar-refractivity contribution is 7.15. The molecule has 154 valence electrons. The Labute approximate surface area is 176 Å². The predicted molar refractivity (Wildman–Crippen MR) is 113 cm³/mol. The van der Waals surface area contributed by atoms with Crippen molar-refractivity contribution in [1.29, 1.82) is 0 Å². The van der Waals surface area contributed by atoms with Crippen LogP contribution in [0.5, 0.6) is 5.75 Å². The van der Waals surface area contributed by atoms with Gasteiger partial charge in [-0.15, -0.1) is 16.4 Å². The first-order valence-corrected chi connectivity index (χ1v) is 10.2. The molecule has 7 nitrogen and oxygen atoms in total. The number of benzene rings is 2. The van der Waals surface area contributed by atoms with Gasteiger partial charge in [0.2, 0.25) is 4.96 Å². The fraction of sp³-hybridized carbons (Fsp3) is 0.190. The van der Waals surface area contributed by atoms with Crippen molar-refractivity contribution < 1.29 is 13.9 Å². The molecular weight excluding hydrogens is 405 g/mol. The Balaban J connectivity index is 1.30. The number of aromatic nitrogens is 3. The van der Waals surface area contributed by atoms with E-state index in [9.17, 15) is 9.18 Å². The van der Waals surface area contributed by atoms with E-state index in [2.05, 4.69) is 20.7 Å². The van der Waals surface area contributed by atoms with Gasteiger partial charge in [-0.1, -0.05) is 24.3 Å². The van der Waals surface area contributed by atoms with Crippen LogP contribution in [0.3, 0.4) is 0 Å². The molecular formula is C21H20FN5O2S. The average Bonchev–Trinajstić information content (AvgIpc) is 3.34. The molecule has 0 aliphatic rings. The van der Waals surface area contributed by atoms with Gasteiger partial charge in [-0.3, -0.25) is 0 Å². The van der Waals surface area contributed by atoms with Crippen molar-refractivity contribution in [2.24, 2.45) is 0 Å². The number of carbonyl (C=O) groups excluding carboxylic acids is 1. The molecule has 0 bridgehead atoms. The highest BCUT2D eigenvalue weighted by Gasteiger charge is 2.12. The molecule has 9 heteroatoms. The Kier molecular flexibility index (Phi) is 5.89. The normalized spacial score (nSPS) is 10.9. The van der Waals surface area contributed by atoms with E-state index in [1.807, 2.05) is 29.6 Å². The lowest BCUT2D eigenvalue weighted by Crippen LogP contribution is -2.36. The summed E-state index contributed by atoms with van der Waals surface area (Å²) in [7, 11) is 1.61. The first-order valence-electron chi connectivity index (χ1n) is 9.36. The number of amides is 2. The van der Waals surface area contributed by atoms with Gasteiger partial charge in [-0.2, -0.15) is 4.98 Å². The van der Waals surface area contributed by atoms with E-state index in [4.69, 9.17) is 4.74 Å². The Morgan fingerprint density at radius 3 is 2.80 bits per heavy atom. The van der Waals surface area contributed by atoms with Crippen molar-refractivity contribution in [3.63, 3.8) is 0 Å². The average molecular weight is 425 g/mol. The summed E-state index contributed by atoms with van der Waals surface area (Å²) in [5.41, 5.74) is 2.55. The van der Waals surface area contributed by atoms with Crippen LogP contribution in [-0.4, -0.2) is 34.3 Å². The fourth-order valence-electron chi connectivity index (χ4n) is 2.94. The van der Waals surface area contributed by atoms with Crippen molar-refractivity contribution in [2.75, 3.05) is 13.7 Å². The Hall–Kier alpha value is -3.46. The van der Waals surface area contributed by atoms with Crippen molar-refractivity contribution >= 4 is 22.3 Å². The zero-order valence-electron chi connectivity index (χ0n) is 16.3. The molecule has 2 aromatic heterocycles. The van der Waals surface area contributed by atoms with Gasteiger partial charge in [0, 0.05) is 30.5 Å². The van der Waals surface area contributed by atoms with Crippen molar-refractivity contribution in [3.05, 3.63) is 71.0 Å². The summed E-state index contributed by atoms with van der Waals surface area (Å²) in [6, 6.07) is 13.5. The van der Waals surface area contributed by atoms with E-state index < -0.39 is 0 Å². The van der Waals surface area contributed by atoms with Gasteiger partial charge >= 0.3 is 6.03 Å². The third-order valence-electron chi connectivity index (χ3n) is 4.51. The summed E-state index contributed by atoms with van der Waals surface area (Å²) in [6.07, 6.45) is 0.599. The van der Waals surface area contributed by atoms with Crippen molar-refractivity contribution in [3.8, 4) is 17.1 Å². The molecule has 0 fully saturated rings. The highest BCUT2D eigenvalue weighted by Crippen LogP contribution is 2.21. The third-order valence-corrected chi connectivity index (χ3v) is 5.38. The number of ether oxygens (including phenoxy) is 1. The molecule has 0 saturated carbocycles. The first-order chi connectivity index (χ1) is 14.6. The molecule has 30 heavy (non-hydrogen) atoms. The number of carbonyl (C=O) groups is 1. The summed E-state index contributed by atoms with van der Waals surface area (Å²) in [5, 5.41) is 12.1. The number of nitrogens with one attached hydrogen (secondary N) is 2. The number of fused-ring (bicyclic) bond motifs is 1. The zero-order chi connectivity index (χ0) is 20.9. The summed E-state index contributed by atoms with van der Waals surface area (Å²) in [5.74, 6) is 0.933. The lowest BCUT2D eigenvalue weighted by Gasteiger charge is -2.08. The second-order valence-electron chi connectivity index (χ2n) is 6.57. The van der Waals surface area contributed by atoms with Crippen LogP contribution in [0.2, 0.25) is 0 Å². The molecule has 2 N–H and O–H groups in total. The minimum Gasteiger partial charge on any atom is -0.497 e. The molecule has 2 heterocycles. The lowest BCUT2D eigenvalue weighted by atomic mass is 10.2. The number of urea groups is 1. The second kappa shape index (κ2) is 8.91. The Morgan fingerprint density at radius 2 is 2.03 bits per heavy atom. The van der Waals surface area contributed by atoms with Crippen LogP contribution in [0.4, 0.5) is 9.18 Å². The van der Waals surface area contributed by atoms with Gasteiger partial charge < -0.3 is 15.4 Å². The molecule has 0 atom stereocenters. The summed E-state index contributed by atoms with van der Waals surface area (Å²) < 4.78 is 20.3. The van der Waals surface area contributed by atoms with Crippen LogP contribution in [0.15, 0.2) is 53.9 Å². The van der Waals surface area contributed by atoms with E-state index in [-0.39, 0.29) is 11.8 Å². The lowest BCUT2D eigenvalue weighted by molar-refractivity contribution is 0.240. The SMILES string of the molecule is COc1ccc(CNC(=O)NCCc2csc3nc(-c4cccc(F)c4)nn23)cc1. The number of hydrogen-bond donors (Lipinski definition) is 2. The van der Waals surface area contributed by atoms with Crippen molar-refractivity contribution in [2.45, 2.75) is 13.0 Å². The quantitative estimate of drug-likeness (QED) is 0.474. The van der Waals surface area contributed by atoms with Crippen LogP contribution >= 0.6 is 11.3 Å². The fourth-order valence-corrected chi connectivity index (χ4v) is 3.80. The number of hydrogen-bond acceptors (Lipinski definition) is 5. The molecule has 0 spiro atoms. The van der Waals surface area contributed by atoms with Crippen LogP contribution in [-0.2, 0) is 13.0 Å². The summed E-state index contributed by atoms with van der Waals surface area (Å²) in [4.78, 5) is 17.2. The number of thiazole rings is 1. The van der Waals surface area contributed by atoms with Gasteiger partial charge in [-0.25, -0.2) is 13.7 Å². The van der Waals surface area contributed by atoms with Crippen molar-refractivity contribution in [1.82, 2.24) is 25.2 Å². The molecule has 2 amide bonds. The van der Waals surface area contributed by atoms with Gasteiger partial charge in [0.05, 0.1) is 12.8 Å².